The van der Waals surface area contributed by atoms with Crippen LogP contribution in [-0.4, -0.2) is 5.78 Å². The molecule has 24 heavy (non-hydrogen) atoms. The van der Waals surface area contributed by atoms with E-state index in [0.717, 1.165) is 20.9 Å². The van der Waals surface area contributed by atoms with E-state index in [1.54, 1.807) is 0 Å². The zero-order chi connectivity index (χ0) is 16.5. The van der Waals surface area contributed by atoms with Crippen molar-refractivity contribution in [1.82, 2.24) is 0 Å². The SMILES string of the molecule is O=C(C[n+]1cccc2ccc3ccccc3c21)c1ccc(Br)cc1. The zero-order valence-electron chi connectivity index (χ0n) is 12.9. The molecule has 3 heteroatoms. The van der Waals surface area contributed by atoms with Crippen LogP contribution in [0.15, 0.2) is 83.5 Å². The summed E-state index contributed by atoms with van der Waals surface area (Å²) in [5, 5.41) is 3.49. The molecular formula is C21H15BrNO+. The van der Waals surface area contributed by atoms with Gasteiger partial charge in [0, 0.05) is 21.5 Å². The Hall–Kier alpha value is -2.52. The summed E-state index contributed by atoms with van der Waals surface area (Å²) in [5.41, 5.74) is 1.82. The fourth-order valence-corrected chi connectivity index (χ4v) is 3.33. The average Bonchev–Trinajstić information content (AvgIpc) is 2.62. The molecule has 4 aromatic rings. The first kappa shape index (κ1) is 15.0. The molecule has 1 aromatic heterocycles. The quantitative estimate of drug-likeness (QED) is 0.282. The van der Waals surface area contributed by atoms with E-state index < -0.39 is 0 Å². The molecule has 0 amide bonds. The summed E-state index contributed by atoms with van der Waals surface area (Å²) < 4.78 is 3.02. The third kappa shape index (κ3) is 2.72. The Kier molecular flexibility index (Phi) is 3.87. The molecule has 0 spiro atoms. The van der Waals surface area contributed by atoms with Crippen LogP contribution in [0.25, 0.3) is 21.7 Å². The van der Waals surface area contributed by atoms with E-state index in [-0.39, 0.29) is 5.78 Å². The standard InChI is InChI=1S/C21H15BrNO/c22-18-11-9-16(10-12-18)20(24)14-23-13-3-5-17-8-7-15-4-1-2-6-19(15)21(17)23/h1-13H,14H2/q+1. The number of carbonyl (C=O) groups excluding carboxylic acids is 1. The van der Waals surface area contributed by atoms with Gasteiger partial charge in [-0.25, -0.2) is 0 Å². The average molecular weight is 377 g/mol. The van der Waals surface area contributed by atoms with Gasteiger partial charge >= 0.3 is 0 Å². The molecule has 3 aromatic carbocycles. The maximum Gasteiger partial charge on any atom is 0.227 e. The second kappa shape index (κ2) is 6.17. The summed E-state index contributed by atoms with van der Waals surface area (Å²) in [5.74, 6) is 0.105. The van der Waals surface area contributed by atoms with Gasteiger partial charge in [-0.2, -0.15) is 4.57 Å². The fourth-order valence-electron chi connectivity index (χ4n) is 3.07. The lowest BCUT2D eigenvalue weighted by molar-refractivity contribution is -0.656. The third-order valence-corrected chi connectivity index (χ3v) is 4.77. The van der Waals surface area contributed by atoms with E-state index in [9.17, 15) is 4.79 Å². The minimum absolute atomic E-state index is 0.105. The van der Waals surface area contributed by atoms with Gasteiger partial charge in [0.25, 0.3) is 0 Å². The number of pyridine rings is 1. The van der Waals surface area contributed by atoms with Gasteiger partial charge in [-0.05, 0) is 35.7 Å². The van der Waals surface area contributed by atoms with Crippen LogP contribution in [0.3, 0.4) is 0 Å². The van der Waals surface area contributed by atoms with Gasteiger partial charge in [0.1, 0.15) is 0 Å². The number of fused-ring (bicyclic) bond motifs is 3. The lowest BCUT2D eigenvalue weighted by Gasteiger charge is -2.05. The topological polar surface area (TPSA) is 20.9 Å². The molecule has 0 aliphatic rings. The molecule has 0 atom stereocenters. The van der Waals surface area contributed by atoms with Crippen molar-refractivity contribution in [3.63, 3.8) is 0 Å². The maximum absolute atomic E-state index is 12.7. The Morgan fingerprint density at radius 3 is 2.38 bits per heavy atom. The first-order valence-electron chi connectivity index (χ1n) is 7.81. The smallest absolute Gasteiger partial charge is 0.227 e. The minimum Gasteiger partial charge on any atom is -0.287 e. The highest BCUT2D eigenvalue weighted by atomic mass is 79.9. The zero-order valence-corrected chi connectivity index (χ0v) is 14.5. The van der Waals surface area contributed by atoms with E-state index in [0.29, 0.717) is 6.54 Å². The fraction of sp³-hybridized carbons (Fsp3) is 0.0476. The largest absolute Gasteiger partial charge is 0.287 e. The van der Waals surface area contributed by atoms with E-state index in [1.807, 2.05) is 53.2 Å². The number of hydrogen-bond acceptors (Lipinski definition) is 1. The van der Waals surface area contributed by atoms with Gasteiger partial charge in [0.05, 0.1) is 5.39 Å². The molecule has 0 N–H and O–H groups in total. The van der Waals surface area contributed by atoms with E-state index in [2.05, 4.69) is 46.3 Å². The summed E-state index contributed by atoms with van der Waals surface area (Å²) in [4.78, 5) is 12.7. The Balaban J connectivity index is 1.83. The maximum atomic E-state index is 12.7. The van der Waals surface area contributed by atoms with Crippen molar-refractivity contribution in [2.45, 2.75) is 6.54 Å². The van der Waals surface area contributed by atoms with Crippen molar-refractivity contribution in [3.05, 3.63) is 89.0 Å². The van der Waals surface area contributed by atoms with Gasteiger partial charge in [-0.3, -0.25) is 4.79 Å². The molecule has 0 fully saturated rings. The van der Waals surface area contributed by atoms with Crippen LogP contribution < -0.4 is 4.57 Å². The van der Waals surface area contributed by atoms with Crippen LogP contribution in [0.2, 0.25) is 0 Å². The predicted molar refractivity (Wildman–Crippen MR) is 100 cm³/mol. The van der Waals surface area contributed by atoms with Crippen LogP contribution >= 0.6 is 15.9 Å². The van der Waals surface area contributed by atoms with Gasteiger partial charge in [-0.15, -0.1) is 0 Å². The molecule has 2 nitrogen and oxygen atoms in total. The molecule has 4 rings (SSSR count). The summed E-state index contributed by atoms with van der Waals surface area (Å²) in [6.07, 6.45) is 1.98. The first-order valence-corrected chi connectivity index (χ1v) is 8.60. The Morgan fingerprint density at radius 2 is 1.54 bits per heavy atom. The second-order valence-corrected chi connectivity index (χ2v) is 6.71. The third-order valence-electron chi connectivity index (χ3n) is 4.24. The van der Waals surface area contributed by atoms with Gasteiger partial charge in [0.15, 0.2) is 6.20 Å². The van der Waals surface area contributed by atoms with Crippen molar-refractivity contribution in [2.75, 3.05) is 0 Å². The Morgan fingerprint density at radius 1 is 0.833 bits per heavy atom. The summed E-state index contributed by atoms with van der Waals surface area (Å²) in [6, 6.07) is 24.1. The van der Waals surface area contributed by atoms with Crippen molar-refractivity contribution in [2.24, 2.45) is 0 Å². The molecule has 116 valence electrons. The number of hydrogen-bond donors (Lipinski definition) is 0. The minimum atomic E-state index is 0.105. The molecule has 0 unspecified atom stereocenters. The monoisotopic (exact) mass is 376 g/mol. The van der Waals surface area contributed by atoms with Crippen LogP contribution in [0.5, 0.6) is 0 Å². The number of halogens is 1. The number of rotatable bonds is 3. The number of ketones is 1. The summed E-state index contributed by atoms with van der Waals surface area (Å²) in [7, 11) is 0. The molecule has 0 aliphatic carbocycles. The van der Waals surface area contributed by atoms with Gasteiger partial charge < -0.3 is 0 Å². The summed E-state index contributed by atoms with van der Waals surface area (Å²) in [6.45, 7) is 0.326. The molecule has 1 heterocycles. The number of carbonyl (C=O) groups is 1. The number of aromatic nitrogens is 1. The van der Waals surface area contributed by atoms with Gasteiger partial charge in [-0.1, -0.05) is 52.3 Å². The van der Waals surface area contributed by atoms with Crippen LogP contribution in [0.4, 0.5) is 0 Å². The lowest BCUT2D eigenvalue weighted by Crippen LogP contribution is -2.38. The highest BCUT2D eigenvalue weighted by Crippen LogP contribution is 2.22. The van der Waals surface area contributed by atoms with E-state index in [1.165, 1.54) is 10.8 Å². The highest BCUT2D eigenvalue weighted by molar-refractivity contribution is 9.10. The molecule has 0 saturated carbocycles. The number of benzene rings is 3. The van der Waals surface area contributed by atoms with Crippen molar-refractivity contribution in [3.8, 4) is 0 Å². The van der Waals surface area contributed by atoms with E-state index in [4.69, 9.17) is 0 Å². The lowest BCUT2D eigenvalue weighted by atomic mass is 10.1. The molecule has 0 bridgehead atoms. The Bertz CT molecular complexity index is 1050. The van der Waals surface area contributed by atoms with Crippen LogP contribution in [0, 0.1) is 0 Å². The normalized spacial score (nSPS) is 11.0. The number of nitrogens with zero attached hydrogens (tertiary/aromatic N) is 1. The first-order chi connectivity index (χ1) is 11.7. The van der Waals surface area contributed by atoms with Gasteiger partial charge in [0.2, 0.25) is 17.8 Å². The molecular weight excluding hydrogens is 362 g/mol. The highest BCUT2D eigenvalue weighted by Gasteiger charge is 2.17. The molecule has 0 aliphatic heterocycles. The van der Waals surface area contributed by atoms with Crippen LogP contribution in [0.1, 0.15) is 10.4 Å². The second-order valence-electron chi connectivity index (χ2n) is 5.79. The molecule has 0 saturated heterocycles. The number of Topliss-reactive ketones (excluding diaryl/α,β-unsaturated/α-hetero) is 1. The van der Waals surface area contributed by atoms with Crippen molar-refractivity contribution < 1.29 is 9.36 Å². The summed E-state index contributed by atoms with van der Waals surface area (Å²) >= 11 is 3.40. The predicted octanol–water partition coefficient (Wildman–Crippen LogP) is 4.93. The van der Waals surface area contributed by atoms with Crippen molar-refractivity contribution >= 4 is 43.4 Å². The molecule has 0 radical (unpaired) electrons. The van der Waals surface area contributed by atoms with Crippen molar-refractivity contribution in [1.29, 1.82) is 0 Å². The van der Waals surface area contributed by atoms with E-state index >= 15 is 0 Å². The van der Waals surface area contributed by atoms with Crippen LogP contribution in [-0.2, 0) is 6.54 Å². The Labute approximate surface area is 148 Å².